The minimum absolute atomic E-state index is 0.519. The zero-order valence-electron chi connectivity index (χ0n) is 11.6. The largest absolute Gasteiger partial charge is 0.381 e. The summed E-state index contributed by atoms with van der Waals surface area (Å²) in [4.78, 5) is 0. The summed E-state index contributed by atoms with van der Waals surface area (Å²) in [5.41, 5.74) is 1.29. The van der Waals surface area contributed by atoms with Crippen molar-refractivity contribution in [3.63, 3.8) is 0 Å². The molecule has 2 atom stereocenters. The average Bonchev–Trinajstić information content (AvgIpc) is 3.27. The molecule has 0 spiro atoms. The number of halogens is 2. The summed E-state index contributed by atoms with van der Waals surface area (Å²) in [5.74, 6) is 1.87. The van der Waals surface area contributed by atoms with Crippen LogP contribution in [0.1, 0.15) is 30.7 Å². The molecule has 1 saturated heterocycles. The molecule has 0 amide bonds. The highest BCUT2D eigenvalue weighted by atomic mass is 35.5. The van der Waals surface area contributed by atoms with Gasteiger partial charge in [-0.2, -0.15) is 0 Å². The van der Waals surface area contributed by atoms with Gasteiger partial charge in [-0.25, -0.2) is 0 Å². The number of benzene rings is 1. The van der Waals surface area contributed by atoms with Crippen molar-refractivity contribution in [3.05, 3.63) is 33.8 Å². The Morgan fingerprint density at radius 1 is 1.10 bits per heavy atom. The number of ether oxygens (including phenoxy) is 1. The quantitative estimate of drug-likeness (QED) is 0.883. The summed E-state index contributed by atoms with van der Waals surface area (Å²) in [6.45, 7) is 3.86. The van der Waals surface area contributed by atoms with Gasteiger partial charge in [0.05, 0.1) is 16.7 Å². The van der Waals surface area contributed by atoms with Crippen LogP contribution in [0.15, 0.2) is 18.2 Å². The van der Waals surface area contributed by atoms with Crippen LogP contribution in [-0.2, 0) is 4.74 Å². The Kier molecular flexibility index (Phi) is 4.87. The Balaban J connectivity index is 1.65. The van der Waals surface area contributed by atoms with E-state index in [1.165, 1.54) is 18.4 Å². The third kappa shape index (κ3) is 3.67. The second kappa shape index (κ2) is 6.65. The Morgan fingerprint density at radius 2 is 1.95 bits per heavy atom. The van der Waals surface area contributed by atoms with E-state index < -0.39 is 0 Å². The van der Waals surface area contributed by atoms with Crippen molar-refractivity contribution in [1.29, 1.82) is 0 Å². The first-order valence-corrected chi connectivity index (χ1v) is 8.23. The van der Waals surface area contributed by atoms with Gasteiger partial charge in [-0.1, -0.05) is 29.3 Å². The molecule has 1 heterocycles. The van der Waals surface area contributed by atoms with E-state index in [1.54, 1.807) is 0 Å². The van der Waals surface area contributed by atoms with Gasteiger partial charge < -0.3 is 10.1 Å². The lowest BCUT2D eigenvalue weighted by atomic mass is 9.81. The number of rotatable bonds is 5. The molecule has 1 aromatic carbocycles. The first-order chi connectivity index (χ1) is 9.74. The highest BCUT2D eigenvalue weighted by Gasteiger charge is 2.28. The molecular formula is C16H21Cl2NO. The average molecular weight is 314 g/mol. The van der Waals surface area contributed by atoms with Gasteiger partial charge in [-0.15, -0.1) is 0 Å². The van der Waals surface area contributed by atoms with Gasteiger partial charge in [0.15, 0.2) is 0 Å². The van der Waals surface area contributed by atoms with Gasteiger partial charge in [0.1, 0.15) is 0 Å². The van der Waals surface area contributed by atoms with E-state index in [4.69, 9.17) is 27.9 Å². The molecule has 1 aliphatic heterocycles. The van der Waals surface area contributed by atoms with Crippen LogP contribution >= 0.6 is 23.2 Å². The third-order valence-corrected chi connectivity index (χ3v) is 5.10. The zero-order chi connectivity index (χ0) is 13.9. The lowest BCUT2D eigenvalue weighted by Crippen LogP contribution is -2.38. The molecule has 110 valence electrons. The van der Waals surface area contributed by atoms with Crippen molar-refractivity contribution in [2.24, 2.45) is 11.8 Å². The van der Waals surface area contributed by atoms with E-state index in [0.29, 0.717) is 21.9 Å². The summed E-state index contributed by atoms with van der Waals surface area (Å²) in [7, 11) is 0. The van der Waals surface area contributed by atoms with Crippen molar-refractivity contribution in [2.45, 2.75) is 25.2 Å². The normalized spacial score (nSPS) is 26.7. The van der Waals surface area contributed by atoms with Crippen LogP contribution in [0.25, 0.3) is 0 Å². The molecule has 2 nitrogen and oxygen atoms in total. The highest BCUT2D eigenvalue weighted by Crippen LogP contribution is 2.35. The molecule has 3 rings (SSSR count). The topological polar surface area (TPSA) is 21.3 Å². The molecule has 0 unspecified atom stereocenters. The zero-order valence-corrected chi connectivity index (χ0v) is 13.1. The Labute approximate surface area is 130 Å². The summed E-state index contributed by atoms with van der Waals surface area (Å²) in [6.07, 6.45) is 3.83. The Morgan fingerprint density at radius 3 is 2.70 bits per heavy atom. The van der Waals surface area contributed by atoms with E-state index in [2.05, 4.69) is 11.4 Å². The van der Waals surface area contributed by atoms with E-state index in [1.807, 2.05) is 12.1 Å². The van der Waals surface area contributed by atoms with Crippen molar-refractivity contribution in [1.82, 2.24) is 5.32 Å². The van der Waals surface area contributed by atoms with Crippen LogP contribution in [0.4, 0.5) is 0 Å². The van der Waals surface area contributed by atoms with E-state index in [-0.39, 0.29) is 0 Å². The fraction of sp³-hybridized carbons (Fsp3) is 0.625. The molecule has 1 aromatic rings. The lowest BCUT2D eigenvalue weighted by Gasteiger charge is -2.32. The minimum Gasteiger partial charge on any atom is -0.381 e. The fourth-order valence-electron chi connectivity index (χ4n) is 2.95. The first kappa shape index (κ1) is 14.6. The van der Waals surface area contributed by atoms with Crippen LogP contribution in [-0.4, -0.2) is 26.3 Å². The second-order valence-electron chi connectivity index (χ2n) is 6.01. The predicted octanol–water partition coefficient (Wildman–Crippen LogP) is 4.11. The summed E-state index contributed by atoms with van der Waals surface area (Å²) >= 11 is 12.2. The van der Waals surface area contributed by atoms with Crippen LogP contribution in [0.3, 0.4) is 0 Å². The van der Waals surface area contributed by atoms with Crippen molar-refractivity contribution < 1.29 is 4.74 Å². The van der Waals surface area contributed by atoms with Gasteiger partial charge in [0.2, 0.25) is 0 Å². The van der Waals surface area contributed by atoms with E-state index in [0.717, 1.165) is 38.6 Å². The third-order valence-electron chi connectivity index (χ3n) is 4.36. The van der Waals surface area contributed by atoms with Crippen molar-refractivity contribution in [3.8, 4) is 0 Å². The lowest BCUT2D eigenvalue weighted by molar-refractivity contribution is 0.0742. The van der Waals surface area contributed by atoms with Crippen molar-refractivity contribution >= 4 is 23.2 Å². The number of hydrogen-bond donors (Lipinski definition) is 1. The van der Waals surface area contributed by atoms with E-state index >= 15 is 0 Å². The minimum atomic E-state index is 0.519. The molecule has 20 heavy (non-hydrogen) atoms. The van der Waals surface area contributed by atoms with Gasteiger partial charge in [0.25, 0.3) is 0 Å². The summed E-state index contributed by atoms with van der Waals surface area (Å²) < 4.78 is 5.90. The van der Waals surface area contributed by atoms with Gasteiger partial charge in [-0.05, 0) is 55.3 Å². The number of hydrogen-bond acceptors (Lipinski definition) is 2. The molecule has 1 saturated carbocycles. The van der Waals surface area contributed by atoms with Gasteiger partial charge in [0, 0.05) is 19.1 Å². The fourth-order valence-corrected chi connectivity index (χ4v) is 3.26. The first-order valence-electron chi connectivity index (χ1n) is 7.47. The van der Waals surface area contributed by atoms with Crippen molar-refractivity contribution in [2.75, 3.05) is 26.3 Å². The molecule has 0 bridgehead atoms. The van der Waals surface area contributed by atoms with E-state index in [9.17, 15) is 0 Å². The van der Waals surface area contributed by atoms with Crippen LogP contribution in [0, 0.1) is 11.8 Å². The monoisotopic (exact) mass is 313 g/mol. The molecule has 2 fully saturated rings. The number of nitrogens with one attached hydrogen (secondary N) is 1. The second-order valence-corrected chi connectivity index (χ2v) is 6.83. The Hall–Kier alpha value is -0.280. The Bertz CT molecular complexity index is 462. The van der Waals surface area contributed by atoms with Crippen LogP contribution < -0.4 is 5.32 Å². The molecule has 2 aliphatic rings. The van der Waals surface area contributed by atoms with Crippen LogP contribution in [0.5, 0.6) is 0 Å². The number of piperidine rings is 1. The summed E-state index contributed by atoms with van der Waals surface area (Å²) in [6, 6.07) is 6.04. The molecule has 0 aromatic heterocycles. The molecular weight excluding hydrogens is 293 g/mol. The molecule has 0 radical (unpaired) electrons. The SMILES string of the molecule is Clc1ccc([C@@H]2CCNC[C@H]2COCC2CC2)cc1Cl. The summed E-state index contributed by atoms with van der Waals surface area (Å²) in [5, 5.41) is 4.76. The van der Waals surface area contributed by atoms with Crippen LogP contribution in [0.2, 0.25) is 10.0 Å². The highest BCUT2D eigenvalue weighted by molar-refractivity contribution is 6.42. The van der Waals surface area contributed by atoms with Gasteiger partial charge >= 0.3 is 0 Å². The molecule has 1 aliphatic carbocycles. The van der Waals surface area contributed by atoms with Gasteiger partial charge in [-0.3, -0.25) is 0 Å². The maximum Gasteiger partial charge on any atom is 0.0595 e. The molecule has 1 N–H and O–H groups in total. The smallest absolute Gasteiger partial charge is 0.0595 e. The maximum atomic E-state index is 6.16. The molecule has 4 heteroatoms. The predicted molar refractivity (Wildman–Crippen MR) is 83.7 cm³/mol. The maximum absolute atomic E-state index is 6.16. The standard InChI is InChI=1S/C16H21Cl2NO/c17-15-4-3-12(7-16(15)18)14-5-6-19-8-13(14)10-20-9-11-1-2-11/h3-4,7,11,13-14,19H,1-2,5-6,8-10H2/t13-,14-/m0/s1.